The van der Waals surface area contributed by atoms with Crippen molar-refractivity contribution < 1.29 is 19.4 Å². The van der Waals surface area contributed by atoms with Gasteiger partial charge in [0.15, 0.2) is 0 Å². The Balaban J connectivity index is 0. The van der Waals surface area contributed by atoms with Crippen molar-refractivity contribution in [1.29, 1.82) is 0 Å². The Kier molecular flexibility index (Phi) is 13.4. The Morgan fingerprint density at radius 1 is 1.32 bits per heavy atom. The van der Waals surface area contributed by atoms with E-state index in [0.717, 1.165) is 33.0 Å². The van der Waals surface area contributed by atoms with Crippen molar-refractivity contribution in [3.05, 3.63) is 0 Å². The van der Waals surface area contributed by atoms with Crippen LogP contribution < -0.4 is 11.1 Å². The molecule has 0 radical (unpaired) electrons. The number of nitrogens with zero attached hydrogens (tertiary/aromatic N) is 1. The monoisotopic (exact) mass is 361 g/mol. The van der Waals surface area contributed by atoms with E-state index in [1.165, 1.54) is 0 Å². The van der Waals surface area contributed by atoms with Gasteiger partial charge in [-0.15, -0.1) is 0 Å². The first kappa shape index (κ1) is 25.9. The fraction of sp³-hybridized carbons (Fsp3) is 0.889. The number of amides is 2. The van der Waals surface area contributed by atoms with Gasteiger partial charge < -0.3 is 25.8 Å². The fourth-order valence-corrected chi connectivity index (χ4v) is 2.23. The Hall–Kier alpha value is -1.34. The Morgan fingerprint density at radius 3 is 2.16 bits per heavy atom. The molecular weight excluding hydrogens is 322 g/mol. The number of aliphatic hydroxyl groups excluding tert-OH is 1. The zero-order valence-electron chi connectivity index (χ0n) is 17.3. The van der Waals surface area contributed by atoms with Crippen LogP contribution >= 0.6 is 0 Å². The first-order valence-electron chi connectivity index (χ1n) is 8.86. The average molecular weight is 362 g/mol. The second-order valence-electron chi connectivity index (χ2n) is 7.67. The van der Waals surface area contributed by atoms with Crippen LogP contribution in [-0.2, 0) is 9.53 Å². The summed E-state index contributed by atoms with van der Waals surface area (Å²) < 4.78 is 5.26. The second-order valence-corrected chi connectivity index (χ2v) is 7.67. The van der Waals surface area contributed by atoms with Crippen LogP contribution in [-0.4, -0.2) is 60.9 Å². The molecule has 0 aliphatic carbocycles. The molecule has 0 bridgehead atoms. The number of likely N-dealkylation sites (tertiary alicyclic amines) is 1. The first-order chi connectivity index (χ1) is 11.5. The Morgan fingerprint density at radius 2 is 1.84 bits per heavy atom. The van der Waals surface area contributed by atoms with Gasteiger partial charge in [0.2, 0.25) is 5.91 Å². The molecule has 150 valence electrons. The predicted molar refractivity (Wildman–Crippen MR) is 101 cm³/mol. The van der Waals surface area contributed by atoms with Crippen LogP contribution in [0.4, 0.5) is 4.79 Å². The number of ether oxygens (including phenoxy) is 1. The summed E-state index contributed by atoms with van der Waals surface area (Å²) in [5.74, 6) is 1.02. The molecule has 2 atom stereocenters. The highest BCUT2D eigenvalue weighted by molar-refractivity contribution is 5.81. The van der Waals surface area contributed by atoms with Gasteiger partial charge in [-0.05, 0) is 45.4 Å². The summed E-state index contributed by atoms with van der Waals surface area (Å²) in [6.45, 7) is 13.6. The van der Waals surface area contributed by atoms with Gasteiger partial charge in [-0.2, -0.15) is 0 Å². The van der Waals surface area contributed by atoms with Crippen LogP contribution in [0.5, 0.6) is 0 Å². The minimum Gasteiger partial charge on any atom is -0.444 e. The van der Waals surface area contributed by atoms with Gasteiger partial charge in [0.1, 0.15) is 5.60 Å². The van der Waals surface area contributed by atoms with E-state index in [9.17, 15) is 9.59 Å². The number of nitrogens with two attached hydrogens (primary N) is 1. The van der Waals surface area contributed by atoms with Gasteiger partial charge in [-0.25, -0.2) is 4.79 Å². The van der Waals surface area contributed by atoms with Crippen LogP contribution in [0.15, 0.2) is 0 Å². The maximum absolute atomic E-state index is 11.5. The normalized spacial score (nSPS) is 17.7. The van der Waals surface area contributed by atoms with Crippen molar-refractivity contribution in [3.63, 3.8) is 0 Å². The molecule has 0 saturated carbocycles. The Labute approximate surface area is 153 Å². The van der Waals surface area contributed by atoms with Crippen molar-refractivity contribution in [3.8, 4) is 0 Å². The minimum atomic E-state index is -0.372. The lowest BCUT2D eigenvalue weighted by molar-refractivity contribution is -0.122. The van der Waals surface area contributed by atoms with Gasteiger partial charge >= 0.3 is 6.09 Å². The lowest BCUT2D eigenvalue weighted by atomic mass is 10.0. The number of aliphatic hydroxyl groups is 1. The summed E-state index contributed by atoms with van der Waals surface area (Å²) in [6.07, 6.45) is 1.68. The third-order valence-corrected chi connectivity index (χ3v) is 3.38. The van der Waals surface area contributed by atoms with Crippen molar-refractivity contribution in [2.24, 2.45) is 17.6 Å². The molecule has 1 rings (SSSR count). The van der Waals surface area contributed by atoms with E-state index in [4.69, 9.17) is 15.6 Å². The van der Waals surface area contributed by atoms with Gasteiger partial charge in [0, 0.05) is 27.2 Å². The molecule has 25 heavy (non-hydrogen) atoms. The van der Waals surface area contributed by atoms with E-state index < -0.39 is 0 Å². The van der Waals surface area contributed by atoms with Crippen LogP contribution in [0, 0.1) is 11.8 Å². The van der Waals surface area contributed by atoms with E-state index in [1.54, 1.807) is 11.9 Å². The molecule has 0 aromatic heterocycles. The van der Waals surface area contributed by atoms with Crippen LogP contribution in [0.25, 0.3) is 0 Å². The number of rotatable bonds is 3. The molecule has 2 unspecified atom stereocenters. The van der Waals surface area contributed by atoms with Crippen LogP contribution in [0.3, 0.4) is 0 Å². The van der Waals surface area contributed by atoms with E-state index >= 15 is 0 Å². The Bertz CT molecular complexity index is 381. The number of carbonyl (C=O) groups excluding carboxylic acids is 2. The molecule has 4 N–H and O–H groups in total. The number of nitrogens with one attached hydrogen (secondary N) is 1. The third kappa shape index (κ3) is 13.6. The number of hydrogen-bond acceptors (Lipinski definition) is 5. The lowest BCUT2D eigenvalue weighted by Crippen LogP contribution is -2.39. The maximum atomic E-state index is 11.5. The molecule has 1 heterocycles. The number of carbonyl (C=O) groups is 2. The molecule has 1 aliphatic heterocycles. The molecular formula is C18H39N3O4. The zero-order valence-corrected chi connectivity index (χ0v) is 17.3. The lowest BCUT2D eigenvalue weighted by Gasteiger charge is -2.24. The molecule has 0 aromatic carbocycles. The summed E-state index contributed by atoms with van der Waals surface area (Å²) in [5, 5.41) is 9.51. The zero-order chi connectivity index (χ0) is 20.2. The maximum Gasteiger partial charge on any atom is 0.410 e. The van der Waals surface area contributed by atoms with Gasteiger partial charge in [0.25, 0.3) is 0 Å². The smallest absolute Gasteiger partial charge is 0.410 e. The number of hydrogen-bond donors (Lipinski definition) is 3. The average Bonchev–Trinajstić information content (AvgIpc) is 2.93. The topological polar surface area (TPSA) is 105 Å². The quantitative estimate of drug-likeness (QED) is 0.713. The standard InChI is InChI=1S/C10H19NO2.C7H16N2O.CH4O/c1-8-5-6-11(7-8)9(12)13-10(2,3)4;1-5(2)4-6(8)7(10)9-3;1-2/h8H,5-7H2,1-4H3;5-6H,4,8H2,1-3H3,(H,9,10);2H,1H3. The largest absolute Gasteiger partial charge is 0.444 e. The molecule has 7 nitrogen and oxygen atoms in total. The second kappa shape index (κ2) is 12.9. The van der Waals surface area contributed by atoms with Crippen LogP contribution in [0.2, 0.25) is 0 Å². The molecule has 2 amide bonds. The van der Waals surface area contributed by atoms with E-state index in [0.29, 0.717) is 11.8 Å². The fourth-order valence-electron chi connectivity index (χ4n) is 2.23. The van der Waals surface area contributed by atoms with E-state index in [-0.39, 0.29) is 23.6 Å². The van der Waals surface area contributed by atoms with Gasteiger partial charge in [-0.1, -0.05) is 20.8 Å². The van der Waals surface area contributed by atoms with E-state index in [1.807, 2.05) is 34.6 Å². The molecule has 0 aromatic rings. The van der Waals surface area contributed by atoms with Crippen molar-refractivity contribution in [2.75, 3.05) is 27.2 Å². The molecule has 1 aliphatic rings. The molecule has 7 heteroatoms. The summed E-state index contributed by atoms with van der Waals surface area (Å²) in [5.41, 5.74) is 5.14. The predicted octanol–water partition coefficient (Wildman–Crippen LogP) is 1.98. The van der Waals surface area contributed by atoms with Gasteiger partial charge in [-0.3, -0.25) is 4.79 Å². The molecule has 1 saturated heterocycles. The van der Waals surface area contributed by atoms with Crippen molar-refractivity contribution in [1.82, 2.24) is 10.2 Å². The highest BCUT2D eigenvalue weighted by Gasteiger charge is 2.27. The molecule has 0 spiro atoms. The summed E-state index contributed by atoms with van der Waals surface area (Å²) in [7, 11) is 2.60. The number of likely N-dealkylation sites (N-methyl/N-ethyl adjacent to an activating group) is 1. The third-order valence-electron chi connectivity index (χ3n) is 3.38. The summed E-state index contributed by atoms with van der Waals surface area (Å²) >= 11 is 0. The SMILES string of the molecule is CC1CCN(C(=O)OC(C)(C)C)C1.CNC(=O)C(N)CC(C)C.CO. The summed E-state index contributed by atoms with van der Waals surface area (Å²) in [6, 6.07) is -0.343. The van der Waals surface area contributed by atoms with Gasteiger partial charge in [0.05, 0.1) is 6.04 Å². The van der Waals surface area contributed by atoms with Crippen molar-refractivity contribution >= 4 is 12.0 Å². The van der Waals surface area contributed by atoms with Crippen LogP contribution in [0.1, 0.15) is 54.4 Å². The van der Waals surface area contributed by atoms with Crippen molar-refractivity contribution in [2.45, 2.75) is 66.0 Å². The van der Waals surface area contributed by atoms with E-state index in [2.05, 4.69) is 12.2 Å². The minimum absolute atomic E-state index is 0.0753. The summed E-state index contributed by atoms with van der Waals surface area (Å²) in [4.78, 5) is 24.1. The molecule has 1 fully saturated rings. The highest BCUT2D eigenvalue weighted by Crippen LogP contribution is 2.18. The first-order valence-corrected chi connectivity index (χ1v) is 8.86. The highest BCUT2D eigenvalue weighted by atomic mass is 16.6.